The van der Waals surface area contributed by atoms with Gasteiger partial charge in [0, 0.05) is 0 Å². The van der Waals surface area contributed by atoms with Crippen LogP contribution in [0, 0.1) is 0 Å². The van der Waals surface area contributed by atoms with E-state index in [0.29, 0.717) is 0 Å². The van der Waals surface area contributed by atoms with Gasteiger partial charge < -0.3 is 0 Å². The molecule has 0 spiro atoms. The van der Waals surface area contributed by atoms with Crippen LogP contribution in [-0.2, 0) is 0 Å². The summed E-state index contributed by atoms with van der Waals surface area (Å²) in [6.07, 6.45) is 0. The lowest BCUT2D eigenvalue weighted by atomic mass is 10.4. The second kappa shape index (κ2) is 10.6. The third-order valence-electron chi connectivity index (χ3n) is 5.81. The molecule has 0 saturated heterocycles. The lowest BCUT2D eigenvalue weighted by Gasteiger charge is -2.32. The summed E-state index contributed by atoms with van der Waals surface area (Å²) in [6, 6.07) is 44.0. The molecule has 0 unspecified atom stereocenters. The third-order valence-corrected chi connectivity index (χ3v) is 13.4. The highest BCUT2D eigenvalue weighted by atomic mass is 35.5. The molecule has 4 heteroatoms. The predicted molar refractivity (Wildman–Crippen MR) is 154 cm³/mol. The maximum absolute atomic E-state index is 2.55. The van der Waals surface area contributed by atoms with Gasteiger partial charge in [0.1, 0.15) is 0 Å². The molecule has 162 valence electrons. The molecule has 4 aromatic rings. The summed E-state index contributed by atoms with van der Waals surface area (Å²) in [5, 5.41) is 5.62. The monoisotopic (exact) mass is 494 g/mol. The van der Waals surface area contributed by atoms with Gasteiger partial charge in [-0.25, -0.2) is 0 Å². The highest BCUT2D eigenvalue weighted by Gasteiger charge is 2.27. The summed E-state index contributed by atoms with van der Waals surface area (Å²) in [4.78, 5) is 0. The van der Waals surface area contributed by atoms with Crippen molar-refractivity contribution in [3.05, 3.63) is 133 Å². The van der Waals surface area contributed by atoms with Crippen LogP contribution in [0.4, 0.5) is 0 Å². The van der Waals surface area contributed by atoms with Gasteiger partial charge in [0.15, 0.2) is 0 Å². The van der Waals surface area contributed by atoms with Gasteiger partial charge in [-0.3, -0.25) is 0 Å². The average Bonchev–Trinajstić information content (AvgIpc) is 2.86. The van der Waals surface area contributed by atoms with Gasteiger partial charge in [0.2, 0.25) is 0 Å². The Morgan fingerprint density at radius 2 is 0.531 bits per heavy atom. The zero-order valence-electron chi connectivity index (χ0n) is 17.6. The first-order valence-electron chi connectivity index (χ1n) is 10.2. The number of rotatable bonds is 4. The lowest BCUT2D eigenvalue weighted by Crippen LogP contribution is -2.22. The molecule has 0 saturated carbocycles. The molecule has 0 bridgehead atoms. The van der Waals surface area contributed by atoms with Crippen molar-refractivity contribution in [2.45, 2.75) is 0 Å². The van der Waals surface area contributed by atoms with Crippen LogP contribution in [0.25, 0.3) is 0 Å². The molecule has 4 aromatic carbocycles. The summed E-state index contributed by atoms with van der Waals surface area (Å²) < 4.78 is 0. The van der Waals surface area contributed by atoms with E-state index in [1.54, 1.807) is 0 Å². The van der Waals surface area contributed by atoms with Gasteiger partial charge in [-0.1, -0.05) is 145 Å². The van der Waals surface area contributed by atoms with E-state index in [-0.39, 0.29) is 24.8 Å². The van der Waals surface area contributed by atoms with Gasteiger partial charge in [-0.05, 0) is 35.0 Å². The second-order valence-corrected chi connectivity index (χ2v) is 13.9. The Hall–Kier alpha value is -2.20. The van der Waals surface area contributed by atoms with Crippen LogP contribution >= 0.6 is 38.6 Å². The van der Waals surface area contributed by atoms with E-state index >= 15 is 0 Å². The minimum absolute atomic E-state index is 0. The van der Waals surface area contributed by atoms with Gasteiger partial charge in [-0.2, -0.15) is 0 Å². The summed E-state index contributed by atoms with van der Waals surface area (Å²) >= 11 is 0. The van der Waals surface area contributed by atoms with Gasteiger partial charge >= 0.3 is 0 Å². The lowest BCUT2D eigenvalue weighted by molar-refractivity contribution is 1.75. The molecule has 0 amide bonds. The summed E-state index contributed by atoms with van der Waals surface area (Å²) in [5.41, 5.74) is 0. The normalized spacial score (nSPS) is 15.2. The Kier molecular flexibility index (Phi) is 8.10. The number of benzene rings is 4. The first kappa shape index (κ1) is 24.4. The number of hydrogen-bond acceptors (Lipinski definition) is 0. The van der Waals surface area contributed by atoms with E-state index in [9.17, 15) is 0 Å². The van der Waals surface area contributed by atoms with Crippen molar-refractivity contribution in [2.24, 2.45) is 0 Å². The van der Waals surface area contributed by atoms with E-state index in [2.05, 4.69) is 145 Å². The van der Waals surface area contributed by atoms with Crippen LogP contribution in [0.15, 0.2) is 133 Å². The fourth-order valence-electron chi connectivity index (χ4n) is 4.21. The molecule has 1 aliphatic rings. The predicted octanol–water partition coefficient (Wildman–Crippen LogP) is 6.26. The molecule has 5 rings (SSSR count). The molecule has 32 heavy (non-hydrogen) atoms. The smallest absolute Gasteiger partial charge is 0.0166 e. The third kappa shape index (κ3) is 4.34. The van der Waals surface area contributed by atoms with Crippen molar-refractivity contribution >= 4 is 71.4 Å². The first-order valence-corrected chi connectivity index (χ1v) is 14.1. The van der Waals surface area contributed by atoms with Crippen molar-refractivity contribution in [3.8, 4) is 0 Å². The molecule has 0 fully saturated rings. The Balaban J connectivity index is 0.00000144. The van der Waals surface area contributed by atoms with Crippen molar-refractivity contribution in [2.75, 3.05) is 0 Å². The van der Waals surface area contributed by atoms with Gasteiger partial charge in [0.25, 0.3) is 0 Å². The molecule has 1 aliphatic heterocycles. The average molecular weight is 495 g/mol. The molecular formula is C28H26Cl2P2. The maximum Gasteiger partial charge on any atom is -0.0166 e. The van der Waals surface area contributed by atoms with Crippen LogP contribution in [0.5, 0.6) is 0 Å². The van der Waals surface area contributed by atoms with Crippen LogP contribution < -0.4 is 21.2 Å². The summed E-state index contributed by atoms with van der Waals surface area (Å²) in [5.74, 6) is 10.2. The van der Waals surface area contributed by atoms with E-state index in [4.69, 9.17) is 0 Å². The zero-order valence-corrected chi connectivity index (χ0v) is 21.0. The number of hydrogen-bond donors (Lipinski definition) is 0. The van der Waals surface area contributed by atoms with Crippen LogP contribution in [0.1, 0.15) is 0 Å². The van der Waals surface area contributed by atoms with E-state index < -0.39 is 13.8 Å². The molecule has 0 nitrogen and oxygen atoms in total. The zero-order chi connectivity index (χ0) is 20.3. The minimum Gasteiger partial charge on any atom is -0.147 e. The van der Waals surface area contributed by atoms with Gasteiger partial charge in [-0.15, -0.1) is 24.8 Å². The van der Waals surface area contributed by atoms with Crippen molar-refractivity contribution < 1.29 is 0 Å². The Bertz CT molecular complexity index is 1090. The molecule has 0 aromatic heterocycles. The SMILES string of the molecule is C1=CP(c2ccccc2)(c2ccccc2)=CC=P1(c1ccccc1)c1ccccc1.Cl.Cl. The molecular weight excluding hydrogens is 469 g/mol. The minimum atomic E-state index is -1.75. The van der Waals surface area contributed by atoms with E-state index in [0.717, 1.165) is 0 Å². The Morgan fingerprint density at radius 3 is 0.719 bits per heavy atom. The highest BCUT2D eigenvalue weighted by molar-refractivity contribution is 7.99. The second-order valence-electron chi connectivity index (χ2n) is 7.49. The van der Waals surface area contributed by atoms with Crippen molar-refractivity contribution in [3.63, 3.8) is 0 Å². The van der Waals surface area contributed by atoms with E-state index in [1.165, 1.54) is 21.2 Å². The van der Waals surface area contributed by atoms with E-state index in [1.807, 2.05) is 0 Å². The Morgan fingerprint density at radius 1 is 0.312 bits per heavy atom. The quantitative estimate of drug-likeness (QED) is 0.294. The van der Waals surface area contributed by atoms with Crippen molar-refractivity contribution in [1.82, 2.24) is 0 Å². The largest absolute Gasteiger partial charge is 0.147 e. The molecule has 0 N–H and O–H groups in total. The summed E-state index contributed by atoms with van der Waals surface area (Å²) in [7, 11) is 0. The van der Waals surface area contributed by atoms with Crippen LogP contribution in [0.2, 0.25) is 0 Å². The molecule has 0 radical (unpaired) electrons. The molecule has 0 aliphatic carbocycles. The standard InChI is InChI=1S/C28H24P2.2ClH/c1-5-13-25(14-6-1)29(26-15-7-2-8-16-26)21-23-30(24-22-29,27-17-9-3-10-18-27)28-19-11-4-12-20-28;;/h1-24H;2*1H. The van der Waals surface area contributed by atoms with Crippen molar-refractivity contribution in [1.29, 1.82) is 0 Å². The van der Waals surface area contributed by atoms with Gasteiger partial charge in [0.05, 0.1) is 0 Å². The molecule has 0 atom stereocenters. The van der Waals surface area contributed by atoms with Crippen LogP contribution in [0.3, 0.4) is 0 Å². The first-order chi connectivity index (χ1) is 14.8. The topological polar surface area (TPSA) is 0 Å². The molecule has 1 heterocycles. The summed E-state index contributed by atoms with van der Waals surface area (Å²) in [6.45, 7) is -3.50. The number of halogens is 2. The highest BCUT2D eigenvalue weighted by Crippen LogP contribution is 2.56. The van der Waals surface area contributed by atoms with Crippen LogP contribution in [-0.4, -0.2) is 11.6 Å². The maximum atomic E-state index is 2.55. The Labute approximate surface area is 203 Å². The fraction of sp³-hybridized carbons (Fsp3) is 0. The fourth-order valence-corrected chi connectivity index (χ4v) is 12.4.